The van der Waals surface area contributed by atoms with Crippen molar-refractivity contribution in [2.24, 2.45) is 0 Å². The topological polar surface area (TPSA) is 61.8 Å². The molecule has 1 aliphatic carbocycles. The molecule has 2 N–H and O–H groups in total. The van der Waals surface area contributed by atoms with Crippen LogP contribution in [0, 0.1) is 0 Å². The van der Waals surface area contributed by atoms with E-state index in [1.165, 1.54) is 12.5 Å². The Balaban J connectivity index is 1.52. The number of phenols is 1. The Kier molecular flexibility index (Phi) is 5.30. The molecule has 0 heterocycles. The summed E-state index contributed by atoms with van der Waals surface area (Å²) in [5.41, 5.74) is 2.04. The van der Waals surface area contributed by atoms with Crippen LogP contribution in [0.2, 0.25) is 0 Å². The second-order valence-corrected chi connectivity index (χ2v) is 7.60. The number of ether oxygens (including phenoxy) is 1. The number of rotatable bonds is 6. The van der Waals surface area contributed by atoms with E-state index in [-0.39, 0.29) is 23.9 Å². The van der Waals surface area contributed by atoms with E-state index in [9.17, 15) is 9.90 Å². The lowest BCUT2D eigenvalue weighted by atomic mass is 10.00. The highest BCUT2D eigenvalue weighted by Crippen LogP contribution is 2.32. The molecule has 3 aromatic carbocycles. The minimum Gasteiger partial charge on any atom is -0.504 e. The van der Waals surface area contributed by atoms with Gasteiger partial charge in [0, 0.05) is 12.6 Å². The number of methoxy groups -OCH3 is 1. The highest BCUT2D eigenvalue weighted by molar-refractivity contribution is 5.86. The summed E-state index contributed by atoms with van der Waals surface area (Å²) in [5, 5.41) is 15.3. The van der Waals surface area contributed by atoms with Crippen molar-refractivity contribution in [1.29, 1.82) is 0 Å². The number of nitrogens with zero attached hydrogens (tertiary/aromatic N) is 1. The summed E-state index contributed by atoms with van der Waals surface area (Å²) in [7, 11) is 1.52. The predicted octanol–water partition coefficient (Wildman–Crippen LogP) is 4.99. The van der Waals surface area contributed by atoms with E-state index >= 15 is 0 Å². The van der Waals surface area contributed by atoms with Crippen LogP contribution in [0.15, 0.2) is 60.7 Å². The zero-order valence-corrected chi connectivity index (χ0v) is 16.8. The average molecular weight is 390 g/mol. The molecule has 2 amide bonds. The van der Waals surface area contributed by atoms with Crippen molar-refractivity contribution >= 4 is 16.8 Å². The van der Waals surface area contributed by atoms with Gasteiger partial charge >= 0.3 is 6.03 Å². The highest BCUT2D eigenvalue weighted by atomic mass is 16.5. The Morgan fingerprint density at radius 2 is 1.93 bits per heavy atom. The quantitative estimate of drug-likeness (QED) is 0.623. The maximum atomic E-state index is 13.1. The second kappa shape index (κ2) is 8.03. The first-order valence-electron chi connectivity index (χ1n) is 9.97. The summed E-state index contributed by atoms with van der Waals surface area (Å²) in [6.45, 7) is 2.50. The molecule has 1 unspecified atom stereocenters. The van der Waals surface area contributed by atoms with Gasteiger partial charge in [0.05, 0.1) is 13.2 Å². The van der Waals surface area contributed by atoms with Crippen LogP contribution < -0.4 is 10.1 Å². The first-order valence-corrected chi connectivity index (χ1v) is 9.97. The van der Waals surface area contributed by atoms with Gasteiger partial charge in [-0.3, -0.25) is 0 Å². The van der Waals surface area contributed by atoms with Crippen molar-refractivity contribution in [3.63, 3.8) is 0 Å². The van der Waals surface area contributed by atoms with E-state index in [2.05, 4.69) is 29.6 Å². The van der Waals surface area contributed by atoms with E-state index in [0.29, 0.717) is 12.3 Å². The van der Waals surface area contributed by atoms with Gasteiger partial charge < -0.3 is 20.1 Å². The molecule has 3 aromatic rings. The number of hydrogen-bond acceptors (Lipinski definition) is 3. The molecule has 0 saturated heterocycles. The summed E-state index contributed by atoms with van der Waals surface area (Å²) in [6, 6.07) is 19.7. The van der Waals surface area contributed by atoms with Gasteiger partial charge in [-0.1, -0.05) is 48.5 Å². The van der Waals surface area contributed by atoms with Gasteiger partial charge in [-0.15, -0.1) is 0 Å². The van der Waals surface area contributed by atoms with Crippen LogP contribution in [0.4, 0.5) is 4.79 Å². The molecular formula is C24H26N2O3. The zero-order chi connectivity index (χ0) is 20.4. The Hall–Kier alpha value is -3.21. The van der Waals surface area contributed by atoms with Crippen molar-refractivity contribution in [2.45, 2.75) is 38.4 Å². The summed E-state index contributed by atoms with van der Waals surface area (Å²) in [4.78, 5) is 15.0. The van der Waals surface area contributed by atoms with Crippen LogP contribution in [0.25, 0.3) is 10.8 Å². The van der Waals surface area contributed by atoms with Gasteiger partial charge in [0.15, 0.2) is 11.5 Å². The zero-order valence-electron chi connectivity index (χ0n) is 16.8. The molecule has 0 aliphatic heterocycles. The van der Waals surface area contributed by atoms with Crippen molar-refractivity contribution in [2.75, 3.05) is 7.11 Å². The van der Waals surface area contributed by atoms with Gasteiger partial charge in [-0.2, -0.15) is 0 Å². The van der Waals surface area contributed by atoms with E-state index in [1.807, 2.05) is 36.1 Å². The van der Waals surface area contributed by atoms with Gasteiger partial charge in [-0.25, -0.2) is 4.79 Å². The third-order valence-corrected chi connectivity index (χ3v) is 5.48. The van der Waals surface area contributed by atoms with Crippen LogP contribution in [0.3, 0.4) is 0 Å². The Morgan fingerprint density at radius 3 is 2.69 bits per heavy atom. The first kappa shape index (κ1) is 19.1. The van der Waals surface area contributed by atoms with E-state index in [4.69, 9.17) is 4.74 Å². The molecule has 5 heteroatoms. The summed E-state index contributed by atoms with van der Waals surface area (Å²) < 4.78 is 5.20. The summed E-state index contributed by atoms with van der Waals surface area (Å²) in [6.07, 6.45) is 2.04. The standard InChI is InChI=1S/C24H26N2O3/c1-16(20-9-5-7-18-6-3-4-8-21(18)20)25-24(28)26(19-11-12-19)15-17-10-13-22(27)23(14-17)29-2/h3-10,13-14,16,19,27H,11-12,15H2,1-2H3,(H,25,28). The maximum absolute atomic E-state index is 13.1. The van der Waals surface area contributed by atoms with Crippen molar-refractivity contribution in [3.8, 4) is 11.5 Å². The highest BCUT2D eigenvalue weighted by Gasteiger charge is 2.33. The Labute approximate surface area is 170 Å². The molecule has 1 fully saturated rings. The minimum atomic E-state index is -0.107. The van der Waals surface area contributed by atoms with Gasteiger partial charge in [0.2, 0.25) is 0 Å². The molecule has 4 rings (SSSR count). The van der Waals surface area contributed by atoms with E-state index in [1.54, 1.807) is 12.1 Å². The van der Waals surface area contributed by atoms with Crippen LogP contribution in [-0.2, 0) is 6.54 Å². The molecule has 1 saturated carbocycles. The fourth-order valence-corrected chi connectivity index (χ4v) is 3.74. The number of hydrogen-bond donors (Lipinski definition) is 2. The number of phenolic OH excluding ortho intramolecular Hbond substituents is 1. The number of carbonyl (C=O) groups is 1. The molecule has 0 radical (unpaired) electrons. The molecule has 1 atom stereocenters. The monoisotopic (exact) mass is 390 g/mol. The second-order valence-electron chi connectivity index (χ2n) is 7.60. The maximum Gasteiger partial charge on any atom is 0.318 e. The number of nitrogens with one attached hydrogen (secondary N) is 1. The van der Waals surface area contributed by atoms with Gasteiger partial charge in [0.25, 0.3) is 0 Å². The number of fused-ring (bicyclic) bond motifs is 1. The lowest BCUT2D eigenvalue weighted by Gasteiger charge is -2.26. The number of amides is 2. The molecule has 150 valence electrons. The molecule has 1 aliphatic rings. The Bertz CT molecular complexity index is 1020. The predicted molar refractivity (Wildman–Crippen MR) is 114 cm³/mol. The fourth-order valence-electron chi connectivity index (χ4n) is 3.74. The summed E-state index contributed by atoms with van der Waals surface area (Å²) >= 11 is 0. The lowest BCUT2D eigenvalue weighted by molar-refractivity contribution is 0.188. The number of aromatic hydroxyl groups is 1. The molecular weight excluding hydrogens is 364 g/mol. The van der Waals surface area contributed by atoms with Crippen LogP contribution in [0.1, 0.15) is 36.9 Å². The minimum absolute atomic E-state index is 0.0695. The van der Waals surface area contributed by atoms with Crippen LogP contribution in [0.5, 0.6) is 11.5 Å². The molecule has 5 nitrogen and oxygen atoms in total. The third-order valence-electron chi connectivity index (χ3n) is 5.48. The molecule has 0 spiro atoms. The van der Waals surface area contributed by atoms with Crippen molar-refractivity contribution < 1.29 is 14.6 Å². The van der Waals surface area contributed by atoms with E-state index in [0.717, 1.165) is 29.4 Å². The van der Waals surface area contributed by atoms with Crippen molar-refractivity contribution in [3.05, 3.63) is 71.8 Å². The fraction of sp³-hybridized carbons (Fsp3) is 0.292. The third kappa shape index (κ3) is 4.14. The van der Waals surface area contributed by atoms with Gasteiger partial charge in [0.1, 0.15) is 0 Å². The number of carbonyl (C=O) groups excluding carboxylic acids is 1. The van der Waals surface area contributed by atoms with Gasteiger partial charge in [-0.05, 0) is 53.8 Å². The average Bonchev–Trinajstić information content (AvgIpc) is 3.57. The first-order chi connectivity index (χ1) is 14.1. The largest absolute Gasteiger partial charge is 0.504 e. The molecule has 0 aromatic heterocycles. The molecule has 0 bridgehead atoms. The van der Waals surface area contributed by atoms with Crippen LogP contribution >= 0.6 is 0 Å². The normalized spacial score (nSPS) is 14.4. The smallest absolute Gasteiger partial charge is 0.318 e. The van der Waals surface area contributed by atoms with Crippen molar-refractivity contribution in [1.82, 2.24) is 10.2 Å². The molecule has 29 heavy (non-hydrogen) atoms. The lowest BCUT2D eigenvalue weighted by Crippen LogP contribution is -2.42. The Morgan fingerprint density at radius 1 is 1.17 bits per heavy atom. The SMILES string of the molecule is COc1cc(CN(C(=O)NC(C)c2cccc3ccccc23)C2CC2)ccc1O. The number of urea groups is 1. The van der Waals surface area contributed by atoms with E-state index < -0.39 is 0 Å². The summed E-state index contributed by atoms with van der Waals surface area (Å²) in [5.74, 6) is 0.519. The number of benzene rings is 3. The van der Waals surface area contributed by atoms with Crippen LogP contribution in [-0.4, -0.2) is 29.2 Å².